The highest BCUT2D eigenvalue weighted by Gasteiger charge is 2.16. The van der Waals surface area contributed by atoms with E-state index in [4.69, 9.17) is 13.8 Å². The normalized spacial score (nSPS) is 11.1. The lowest BCUT2D eigenvalue weighted by Crippen LogP contribution is -2.22. The van der Waals surface area contributed by atoms with Crippen molar-refractivity contribution in [3.05, 3.63) is 17.7 Å². The topological polar surface area (TPSA) is 77.1 Å². The van der Waals surface area contributed by atoms with Crippen LogP contribution in [0.3, 0.4) is 0 Å². The predicted molar refractivity (Wildman–Crippen MR) is 75.0 cm³/mol. The Morgan fingerprint density at radius 1 is 1.58 bits per heavy atom. The summed E-state index contributed by atoms with van der Waals surface area (Å²) < 4.78 is 11.8. The van der Waals surface area contributed by atoms with Crippen molar-refractivity contribution in [2.75, 3.05) is 6.61 Å². The Morgan fingerprint density at radius 2 is 2.26 bits per heavy atom. The molecule has 0 spiro atoms. The monoisotopic (exact) mass is 295 g/mol. The first kappa shape index (κ1) is 15.9. The molecule has 1 heterocycles. The second-order valence-corrected chi connectivity index (χ2v) is 11.4. The molecule has 0 fully saturated rings. The zero-order valence-corrected chi connectivity index (χ0v) is 14.8. The second-order valence-electron chi connectivity index (χ2n) is 5.37. The van der Waals surface area contributed by atoms with Gasteiger partial charge in [0.25, 0.3) is 0 Å². The van der Waals surface area contributed by atoms with E-state index < -0.39 is 14.0 Å². The summed E-state index contributed by atoms with van der Waals surface area (Å²) in [4.78, 5) is 15.4. The van der Waals surface area contributed by atoms with Crippen LogP contribution in [0.25, 0.3) is 0 Å². The fourth-order valence-electron chi connectivity index (χ4n) is 1.36. The summed E-state index contributed by atoms with van der Waals surface area (Å²) in [6, 6.07) is 2.95. The van der Waals surface area contributed by atoms with Crippen LogP contribution in [0.5, 0.6) is 0 Å². The summed E-state index contributed by atoms with van der Waals surface area (Å²) in [5.74, 6) is -0.387. The summed E-state index contributed by atoms with van der Waals surface area (Å²) in [7, 11) is -1.13. The zero-order chi connectivity index (χ0) is 14.5. The lowest BCUT2D eigenvalue weighted by molar-refractivity contribution is 0.0656. The zero-order valence-electron chi connectivity index (χ0n) is 11.8. The third kappa shape index (κ3) is 5.17. The number of carbonyl (C=O) groups is 1. The van der Waals surface area contributed by atoms with E-state index in [9.17, 15) is 4.79 Å². The molecule has 102 valence electrons. The van der Waals surface area contributed by atoms with Crippen molar-refractivity contribution in [1.82, 2.24) is 9.55 Å². The van der Waals surface area contributed by atoms with Crippen molar-refractivity contribution < 1.29 is 13.3 Å². The molecular weight excluding hydrogens is 277 g/mol. The highest BCUT2D eigenvalue weighted by atomic mass is 28.3. The van der Waals surface area contributed by atoms with Crippen molar-refractivity contribution >= 4 is 30.7 Å². The highest BCUT2D eigenvalue weighted by molar-refractivity contribution is 6.76. The van der Waals surface area contributed by atoms with Crippen molar-refractivity contribution in [2.24, 2.45) is 0 Å². The first-order valence-corrected chi connectivity index (χ1v) is 10.5. The number of rotatable bonds is 6. The van der Waals surface area contributed by atoms with Crippen LogP contribution in [0.4, 0.5) is 0 Å². The van der Waals surface area contributed by atoms with Gasteiger partial charge in [0.1, 0.15) is 12.8 Å². The molecule has 0 N–H and O–H groups in total. The number of hydrogen-bond donors (Lipinski definition) is 0. The molecule has 0 unspecified atom stereocenters. The second kappa shape index (κ2) is 6.88. The Labute approximate surface area is 122 Å². The van der Waals surface area contributed by atoms with Gasteiger partial charge in [-0.3, -0.25) is 0 Å². The van der Waals surface area contributed by atoms with Gasteiger partial charge >= 0.3 is 22.6 Å². The number of imidazole rings is 1. The Kier molecular flexibility index (Phi) is 5.77. The highest BCUT2D eigenvalue weighted by Crippen LogP contribution is 2.09. The van der Waals surface area contributed by atoms with E-state index in [1.807, 2.05) is 6.07 Å². The molecule has 8 heteroatoms. The van der Waals surface area contributed by atoms with Crippen LogP contribution in [-0.4, -0.2) is 46.8 Å². The maximum atomic E-state index is 11.5. The van der Waals surface area contributed by atoms with E-state index in [1.165, 1.54) is 10.8 Å². The fourth-order valence-corrected chi connectivity index (χ4v) is 2.30. The molecule has 0 atom stereocenters. The third-order valence-electron chi connectivity index (χ3n) is 2.49. The molecule has 6 nitrogen and oxygen atoms in total. The largest absolute Gasteiger partial charge is 0.616 e. The van der Waals surface area contributed by atoms with Crippen molar-refractivity contribution in [2.45, 2.75) is 32.4 Å². The third-order valence-corrected chi connectivity index (χ3v) is 4.56. The number of hydrogen-bond acceptors (Lipinski definition) is 5. The molecule has 0 radical (unpaired) electrons. The summed E-state index contributed by atoms with van der Waals surface area (Å²) in [5.41, 5.74) is 0.191. The number of aromatic nitrogens is 2. The van der Waals surface area contributed by atoms with Gasteiger partial charge in [-0.15, -0.1) is 0 Å². The van der Waals surface area contributed by atoms with E-state index in [0.29, 0.717) is 23.2 Å². The molecule has 0 aliphatic rings. The minimum Gasteiger partial charge on any atom is -0.616 e. The SMILES string of the molecule is C[Si](C)(C)CCOCn1cc(C#N)nc1C(=O)[O][AlH2]. The molecule has 0 amide bonds. The lowest BCUT2D eigenvalue weighted by atomic mass is 10.5. The van der Waals surface area contributed by atoms with Gasteiger partial charge in [-0.1, -0.05) is 19.6 Å². The standard InChI is InChI=1S/C11H17N3O3Si.Al.2H/c1-18(2,3)5-4-17-8-14-7-9(6-12)13-10(14)11(15)16;;;/h7H,4-5,8H2,1-3H3,(H,15,16);;;/q;+1;;/p-1. The average Bonchev–Trinajstić information content (AvgIpc) is 2.76. The van der Waals surface area contributed by atoms with Crippen molar-refractivity contribution in [1.29, 1.82) is 5.26 Å². The van der Waals surface area contributed by atoms with Gasteiger partial charge in [0, 0.05) is 20.9 Å². The van der Waals surface area contributed by atoms with Crippen LogP contribution in [-0.2, 0) is 15.3 Å². The molecule has 19 heavy (non-hydrogen) atoms. The molecule has 1 aromatic heterocycles. The molecule has 0 saturated carbocycles. The Morgan fingerprint density at radius 3 is 2.79 bits per heavy atom. The Hall–Kier alpha value is -1.12. The molecule has 0 aliphatic carbocycles. The first-order valence-electron chi connectivity index (χ1n) is 6.00. The predicted octanol–water partition coefficient (Wildman–Crippen LogP) is 0.772. The van der Waals surface area contributed by atoms with Crippen LogP contribution in [0, 0.1) is 11.3 Å². The number of carbonyl (C=O) groups excluding carboxylic acids is 1. The Bertz CT molecular complexity index is 490. The number of nitrogens with zero attached hydrogens (tertiary/aromatic N) is 3. The minimum absolute atomic E-state index is 0.125. The maximum absolute atomic E-state index is 11.5. The molecule has 1 aromatic rings. The first-order chi connectivity index (χ1) is 8.87. The minimum atomic E-state index is -1.13. The van der Waals surface area contributed by atoms with Gasteiger partial charge in [0.2, 0.25) is 5.82 Å². The van der Waals surface area contributed by atoms with Crippen LogP contribution >= 0.6 is 0 Å². The van der Waals surface area contributed by atoms with E-state index in [2.05, 4.69) is 24.6 Å². The van der Waals surface area contributed by atoms with Crippen molar-refractivity contribution in [3.8, 4) is 6.07 Å². The molecule has 0 aromatic carbocycles. The molecule has 1 rings (SSSR count). The molecule has 0 bridgehead atoms. The van der Waals surface area contributed by atoms with Crippen LogP contribution in [0.15, 0.2) is 6.20 Å². The van der Waals surface area contributed by atoms with E-state index in [0.717, 1.165) is 6.04 Å². The average molecular weight is 295 g/mol. The number of ether oxygens (including phenoxy) is 1. The maximum Gasteiger partial charge on any atom is 0.499 e. The van der Waals surface area contributed by atoms with Crippen molar-refractivity contribution in [3.63, 3.8) is 0 Å². The van der Waals surface area contributed by atoms with Crippen LogP contribution in [0.1, 0.15) is 16.3 Å². The van der Waals surface area contributed by atoms with Gasteiger partial charge in [-0.25, -0.2) is 9.78 Å². The Balaban J connectivity index is 2.65. The van der Waals surface area contributed by atoms with E-state index in [-0.39, 0.29) is 18.2 Å². The molecular formula is C11H18AlN3O3Si. The van der Waals surface area contributed by atoms with Gasteiger partial charge in [0.05, 0.1) is 0 Å². The van der Waals surface area contributed by atoms with Gasteiger partial charge in [-0.05, 0) is 6.04 Å². The quantitative estimate of drug-likeness (QED) is 0.572. The summed E-state index contributed by atoms with van der Waals surface area (Å²) >= 11 is 0.295. The van der Waals surface area contributed by atoms with Crippen LogP contribution < -0.4 is 0 Å². The molecule has 0 aliphatic heterocycles. The lowest BCUT2D eigenvalue weighted by Gasteiger charge is -2.15. The van der Waals surface area contributed by atoms with Crippen LogP contribution in [0.2, 0.25) is 25.7 Å². The summed E-state index contributed by atoms with van der Waals surface area (Å²) in [6.07, 6.45) is 1.50. The number of nitriles is 1. The van der Waals surface area contributed by atoms with Gasteiger partial charge in [-0.2, -0.15) is 5.26 Å². The summed E-state index contributed by atoms with van der Waals surface area (Å²) in [6.45, 7) is 7.67. The van der Waals surface area contributed by atoms with E-state index >= 15 is 0 Å². The van der Waals surface area contributed by atoms with Gasteiger partial charge < -0.3 is 13.1 Å². The smallest absolute Gasteiger partial charge is 0.499 e. The van der Waals surface area contributed by atoms with Gasteiger partial charge in [0.15, 0.2) is 5.69 Å². The fraction of sp³-hybridized carbons (Fsp3) is 0.545. The summed E-state index contributed by atoms with van der Waals surface area (Å²) in [5, 5.41) is 8.80. The molecule has 0 saturated heterocycles. The van der Waals surface area contributed by atoms with E-state index in [1.54, 1.807) is 0 Å².